The lowest BCUT2D eigenvalue weighted by molar-refractivity contribution is 0.299. The summed E-state index contributed by atoms with van der Waals surface area (Å²) in [6.07, 6.45) is 5.41. The Balaban J connectivity index is 2.41. The molecule has 0 unspecified atom stereocenters. The van der Waals surface area contributed by atoms with E-state index in [9.17, 15) is 4.39 Å². The molecule has 0 aromatic heterocycles. The van der Waals surface area contributed by atoms with Crippen molar-refractivity contribution < 1.29 is 9.13 Å². The van der Waals surface area contributed by atoms with Gasteiger partial charge in [0.25, 0.3) is 0 Å². The SMILES string of the molecule is COc1cc(C2(N)CCCCC2)cc(Br)c1F. The lowest BCUT2D eigenvalue weighted by Crippen LogP contribution is -2.38. The first-order chi connectivity index (χ1) is 8.07. The molecule has 1 aliphatic rings. The summed E-state index contributed by atoms with van der Waals surface area (Å²) < 4.78 is 19.1. The van der Waals surface area contributed by atoms with Crippen LogP contribution in [0.2, 0.25) is 0 Å². The van der Waals surface area contributed by atoms with Crippen LogP contribution < -0.4 is 10.5 Å². The van der Waals surface area contributed by atoms with E-state index in [-0.39, 0.29) is 17.1 Å². The summed E-state index contributed by atoms with van der Waals surface area (Å²) in [7, 11) is 1.47. The van der Waals surface area contributed by atoms with Crippen molar-refractivity contribution in [2.75, 3.05) is 7.11 Å². The fourth-order valence-electron chi connectivity index (χ4n) is 2.47. The minimum Gasteiger partial charge on any atom is -0.494 e. The Kier molecular flexibility index (Phi) is 3.73. The molecule has 0 radical (unpaired) electrons. The van der Waals surface area contributed by atoms with Crippen LogP contribution in [0, 0.1) is 5.82 Å². The minimum atomic E-state index is -0.365. The summed E-state index contributed by atoms with van der Waals surface area (Å²) in [5.41, 5.74) is 7.05. The van der Waals surface area contributed by atoms with Crippen LogP contribution >= 0.6 is 15.9 Å². The second-order valence-corrected chi connectivity index (χ2v) is 5.55. The molecular weight excluding hydrogens is 285 g/mol. The van der Waals surface area contributed by atoms with Crippen LogP contribution in [0.15, 0.2) is 16.6 Å². The standard InChI is InChI=1S/C13H17BrFNO/c1-17-11-8-9(7-10(14)12(11)15)13(16)5-3-2-4-6-13/h7-8H,2-6,16H2,1H3. The van der Waals surface area contributed by atoms with Gasteiger partial charge in [-0.15, -0.1) is 0 Å². The van der Waals surface area contributed by atoms with Gasteiger partial charge in [0.2, 0.25) is 0 Å². The summed E-state index contributed by atoms with van der Waals surface area (Å²) in [4.78, 5) is 0. The fourth-order valence-corrected chi connectivity index (χ4v) is 2.91. The van der Waals surface area contributed by atoms with E-state index in [2.05, 4.69) is 15.9 Å². The maximum absolute atomic E-state index is 13.7. The molecule has 1 fully saturated rings. The van der Waals surface area contributed by atoms with Gasteiger partial charge in [-0.3, -0.25) is 0 Å². The van der Waals surface area contributed by atoms with Crippen molar-refractivity contribution in [3.8, 4) is 5.75 Å². The first kappa shape index (κ1) is 12.8. The summed E-state index contributed by atoms with van der Waals surface area (Å²) in [6.45, 7) is 0. The van der Waals surface area contributed by atoms with E-state index in [0.29, 0.717) is 4.47 Å². The van der Waals surface area contributed by atoms with Gasteiger partial charge in [-0.05, 0) is 46.5 Å². The van der Waals surface area contributed by atoms with Crippen molar-refractivity contribution in [2.45, 2.75) is 37.6 Å². The van der Waals surface area contributed by atoms with Gasteiger partial charge < -0.3 is 10.5 Å². The van der Waals surface area contributed by atoms with E-state index in [0.717, 1.165) is 31.2 Å². The van der Waals surface area contributed by atoms with Gasteiger partial charge >= 0.3 is 0 Å². The van der Waals surface area contributed by atoms with Gasteiger partial charge in [-0.25, -0.2) is 4.39 Å². The maximum Gasteiger partial charge on any atom is 0.179 e. The first-order valence-electron chi connectivity index (χ1n) is 5.89. The third-order valence-corrected chi connectivity index (χ3v) is 4.11. The van der Waals surface area contributed by atoms with Crippen molar-refractivity contribution >= 4 is 15.9 Å². The Labute approximate surface area is 109 Å². The second-order valence-electron chi connectivity index (χ2n) is 4.69. The van der Waals surface area contributed by atoms with Crippen LogP contribution in [0.1, 0.15) is 37.7 Å². The molecule has 1 saturated carbocycles. The molecule has 1 aromatic carbocycles. The summed E-state index contributed by atoms with van der Waals surface area (Å²) in [6, 6.07) is 3.51. The van der Waals surface area contributed by atoms with Gasteiger partial charge in [-0.2, -0.15) is 0 Å². The van der Waals surface area contributed by atoms with Gasteiger partial charge in [0.05, 0.1) is 11.6 Å². The molecule has 0 aliphatic heterocycles. The number of halogens is 2. The first-order valence-corrected chi connectivity index (χ1v) is 6.68. The molecule has 94 valence electrons. The van der Waals surface area contributed by atoms with E-state index in [1.165, 1.54) is 13.5 Å². The van der Waals surface area contributed by atoms with Crippen molar-refractivity contribution in [1.29, 1.82) is 0 Å². The van der Waals surface area contributed by atoms with E-state index in [1.54, 1.807) is 12.1 Å². The highest BCUT2D eigenvalue weighted by Crippen LogP contribution is 2.38. The number of hydrogen-bond donors (Lipinski definition) is 1. The largest absolute Gasteiger partial charge is 0.494 e. The number of benzene rings is 1. The topological polar surface area (TPSA) is 35.2 Å². The van der Waals surface area contributed by atoms with Gasteiger partial charge in [-0.1, -0.05) is 19.3 Å². The highest BCUT2D eigenvalue weighted by Gasteiger charge is 2.30. The van der Waals surface area contributed by atoms with Crippen molar-refractivity contribution in [1.82, 2.24) is 0 Å². The molecule has 4 heteroatoms. The molecule has 1 aromatic rings. The molecule has 0 atom stereocenters. The molecular formula is C13H17BrFNO. The summed E-state index contributed by atoms with van der Waals surface area (Å²) in [5.74, 6) is -0.111. The minimum absolute atomic E-state index is 0.254. The third kappa shape index (κ3) is 2.47. The average Bonchev–Trinajstić information content (AvgIpc) is 2.33. The van der Waals surface area contributed by atoms with Gasteiger partial charge in [0, 0.05) is 5.54 Å². The quantitative estimate of drug-likeness (QED) is 0.903. The second kappa shape index (κ2) is 4.94. The van der Waals surface area contributed by atoms with Crippen molar-refractivity contribution in [2.24, 2.45) is 5.73 Å². The van der Waals surface area contributed by atoms with Gasteiger partial charge in [0.1, 0.15) is 0 Å². The van der Waals surface area contributed by atoms with Crippen LogP contribution in [-0.2, 0) is 5.54 Å². The van der Waals surface area contributed by atoms with E-state index < -0.39 is 0 Å². The third-order valence-electron chi connectivity index (χ3n) is 3.54. The lowest BCUT2D eigenvalue weighted by Gasteiger charge is -2.34. The van der Waals surface area contributed by atoms with Gasteiger partial charge in [0.15, 0.2) is 11.6 Å². The molecule has 0 bridgehead atoms. The number of ether oxygens (including phenoxy) is 1. The highest BCUT2D eigenvalue weighted by atomic mass is 79.9. The Morgan fingerprint density at radius 1 is 1.29 bits per heavy atom. The molecule has 0 amide bonds. The molecule has 2 rings (SSSR count). The number of rotatable bonds is 2. The van der Waals surface area contributed by atoms with E-state index in [4.69, 9.17) is 10.5 Å². The molecule has 0 heterocycles. The Morgan fingerprint density at radius 2 is 1.94 bits per heavy atom. The zero-order valence-corrected chi connectivity index (χ0v) is 11.5. The number of nitrogens with two attached hydrogens (primary N) is 1. The van der Waals surface area contributed by atoms with Crippen LogP contribution in [0.4, 0.5) is 4.39 Å². The molecule has 2 nitrogen and oxygen atoms in total. The number of hydrogen-bond acceptors (Lipinski definition) is 2. The van der Waals surface area contributed by atoms with Crippen LogP contribution in [0.3, 0.4) is 0 Å². The zero-order valence-electron chi connectivity index (χ0n) is 9.93. The molecule has 1 aliphatic carbocycles. The predicted octanol–water partition coefficient (Wildman–Crippen LogP) is 3.71. The van der Waals surface area contributed by atoms with Crippen molar-refractivity contribution in [3.05, 3.63) is 28.0 Å². The normalized spacial score (nSPS) is 19.1. The van der Waals surface area contributed by atoms with Crippen molar-refractivity contribution in [3.63, 3.8) is 0 Å². The van der Waals surface area contributed by atoms with Crippen LogP contribution in [-0.4, -0.2) is 7.11 Å². The highest BCUT2D eigenvalue weighted by molar-refractivity contribution is 9.10. The predicted molar refractivity (Wildman–Crippen MR) is 69.6 cm³/mol. The summed E-state index contributed by atoms with van der Waals surface area (Å²) in [5, 5.41) is 0. The lowest BCUT2D eigenvalue weighted by atomic mass is 9.77. The van der Waals surface area contributed by atoms with E-state index >= 15 is 0 Å². The monoisotopic (exact) mass is 301 g/mol. The smallest absolute Gasteiger partial charge is 0.179 e. The Hall–Kier alpha value is -0.610. The average molecular weight is 302 g/mol. The number of methoxy groups -OCH3 is 1. The maximum atomic E-state index is 13.7. The molecule has 2 N–H and O–H groups in total. The molecule has 0 spiro atoms. The summed E-state index contributed by atoms with van der Waals surface area (Å²) >= 11 is 3.22. The fraction of sp³-hybridized carbons (Fsp3) is 0.538. The van der Waals surface area contributed by atoms with Crippen LogP contribution in [0.25, 0.3) is 0 Å². The Bertz CT molecular complexity index is 416. The Morgan fingerprint density at radius 3 is 2.53 bits per heavy atom. The molecule has 0 saturated heterocycles. The van der Waals surface area contributed by atoms with E-state index in [1.807, 2.05) is 0 Å². The van der Waals surface area contributed by atoms with Crippen LogP contribution in [0.5, 0.6) is 5.75 Å². The zero-order chi connectivity index (χ0) is 12.5. The molecule has 17 heavy (non-hydrogen) atoms.